The monoisotopic (exact) mass is 275 g/mol. The molecule has 0 saturated carbocycles. The zero-order valence-electron chi connectivity index (χ0n) is 10.5. The Balaban J connectivity index is 2.20. The SMILES string of the molecule is Cc1ccncc1CNc1ccc(F)cc1C(N)=S. The number of aromatic nitrogens is 1. The summed E-state index contributed by atoms with van der Waals surface area (Å²) in [6, 6.07) is 6.28. The van der Waals surface area contributed by atoms with Crippen molar-refractivity contribution in [3.63, 3.8) is 0 Å². The first-order valence-corrected chi connectivity index (χ1v) is 6.21. The van der Waals surface area contributed by atoms with Crippen molar-refractivity contribution in [1.82, 2.24) is 4.98 Å². The van der Waals surface area contributed by atoms with Crippen molar-refractivity contribution in [3.05, 3.63) is 59.2 Å². The van der Waals surface area contributed by atoms with E-state index in [1.165, 1.54) is 12.1 Å². The van der Waals surface area contributed by atoms with Gasteiger partial charge in [-0.3, -0.25) is 4.98 Å². The molecule has 0 radical (unpaired) electrons. The fourth-order valence-electron chi connectivity index (χ4n) is 1.75. The normalized spacial score (nSPS) is 10.2. The quantitative estimate of drug-likeness (QED) is 0.842. The maximum Gasteiger partial charge on any atom is 0.124 e. The van der Waals surface area contributed by atoms with E-state index >= 15 is 0 Å². The van der Waals surface area contributed by atoms with Gasteiger partial charge in [-0.1, -0.05) is 12.2 Å². The lowest BCUT2D eigenvalue weighted by molar-refractivity contribution is 0.627. The molecule has 0 aliphatic heterocycles. The lowest BCUT2D eigenvalue weighted by Crippen LogP contribution is -2.14. The van der Waals surface area contributed by atoms with Gasteiger partial charge in [0, 0.05) is 30.2 Å². The second-order valence-electron chi connectivity index (χ2n) is 4.21. The summed E-state index contributed by atoms with van der Waals surface area (Å²) in [5.74, 6) is -0.356. The van der Waals surface area contributed by atoms with Crippen LogP contribution in [0.5, 0.6) is 0 Å². The molecule has 0 aliphatic rings. The molecule has 0 atom stereocenters. The highest BCUT2D eigenvalue weighted by Gasteiger charge is 2.07. The third-order valence-electron chi connectivity index (χ3n) is 2.86. The van der Waals surface area contributed by atoms with Crippen LogP contribution in [0, 0.1) is 12.7 Å². The van der Waals surface area contributed by atoms with Crippen LogP contribution in [-0.2, 0) is 6.54 Å². The molecule has 2 aromatic rings. The highest BCUT2D eigenvalue weighted by Crippen LogP contribution is 2.18. The van der Waals surface area contributed by atoms with Crippen molar-refractivity contribution < 1.29 is 4.39 Å². The highest BCUT2D eigenvalue weighted by molar-refractivity contribution is 7.80. The standard InChI is InChI=1S/C14H14FN3S/c1-9-4-5-17-7-10(9)8-18-13-3-2-11(15)6-12(13)14(16)19/h2-7,18H,8H2,1H3,(H2,16,19). The Bertz CT molecular complexity index is 613. The van der Waals surface area contributed by atoms with Gasteiger partial charge in [-0.2, -0.15) is 0 Å². The number of aryl methyl sites for hydroxylation is 1. The summed E-state index contributed by atoms with van der Waals surface area (Å²) in [6.45, 7) is 2.60. The number of nitrogens with two attached hydrogens (primary N) is 1. The molecule has 3 nitrogen and oxygen atoms in total. The Kier molecular flexibility index (Phi) is 4.06. The van der Waals surface area contributed by atoms with Gasteiger partial charge in [0.15, 0.2) is 0 Å². The first-order valence-electron chi connectivity index (χ1n) is 5.80. The molecule has 1 aromatic carbocycles. The Labute approximate surface area is 116 Å². The Morgan fingerprint density at radius 1 is 1.42 bits per heavy atom. The number of hydrogen-bond acceptors (Lipinski definition) is 3. The van der Waals surface area contributed by atoms with Crippen LogP contribution in [0.2, 0.25) is 0 Å². The molecule has 0 fully saturated rings. The molecule has 0 aliphatic carbocycles. The van der Waals surface area contributed by atoms with Crippen molar-refractivity contribution in [2.45, 2.75) is 13.5 Å². The highest BCUT2D eigenvalue weighted by atomic mass is 32.1. The number of anilines is 1. The van der Waals surface area contributed by atoms with Crippen molar-refractivity contribution in [1.29, 1.82) is 0 Å². The molecule has 0 spiro atoms. The number of rotatable bonds is 4. The van der Waals surface area contributed by atoms with E-state index in [1.807, 2.05) is 13.0 Å². The van der Waals surface area contributed by atoms with E-state index in [2.05, 4.69) is 10.3 Å². The molecule has 0 unspecified atom stereocenters. The number of nitrogens with zero attached hydrogens (tertiary/aromatic N) is 1. The molecule has 98 valence electrons. The fraction of sp³-hybridized carbons (Fsp3) is 0.143. The fourth-order valence-corrected chi connectivity index (χ4v) is 1.92. The van der Waals surface area contributed by atoms with Crippen molar-refractivity contribution in [2.24, 2.45) is 5.73 Å². The summed E-state index contributed by atoms with van der Waals surface area (Å²) in [4.78, 5) is 4.25. The maximum absolute atomic E-state index is 13.2. The minimum atomic E-state index is -0.356. The van der Waals surface area contributed by atoms with Crippen LogP contribution in [0.15, 0.2) is 36.7 Å². The van der Waals surface area contributed by atoms with E-state index in [4.69, 9.17) is 18.0 Å². The minimum absolute atomic E-state index is 0.171. The summed E-state index contributed by atoms with van der Waals surface area (Å²) in [5.41, 5.74) is 9.04. The Morgan fingerprint density at radius 2 is 2.21 bits per heavy atom. The average molecular weight is 275 g/mol. The number of thiocarbonyl (C=S) groups is 1. The Hall–Kier alpha value is -2.01. The molecular weight excluding hydrogens is 261 g/mol. The summed E-state index contributed by atoms with van der Waals surface area (Å²) in [6.07, 6.45) is 3.55. The van der Waals surface area contributed by atoms with Crippen LogP contribution < -0.4 is 11.1 Å². The van der Waals surface area contributed by atoms with Crippen molar-refractivity contribution in [2.75, 3.05) is 5.32 Å². The van der Waals surface area contributed by atoms with E-state index < -0.39 is 0 Å². The van der Waals surface area contributed by atoms with Crippen LogP contribution in [0.25, 0.3) is 0 Å². The second kappa shape index (κ2) is 5.75. The van der Waals surface area contributed by atoms with Gasteiger partial charge in [-0.05, 0) is 42.3 Å². The molecule has 3 N–H and O–H groups in total. The predicted octanol–water partition coefficient (Wildman–Crippen LogP) is 2.78. The lowest BCUT2D eigenvalue weighted by atomic mass is 10.1. The van der Waals surface area contributed by atoms with Crippen LogP contribution in [-0.4, -0.2) is 9.97 Å². The predicted molar refractivity (Wildman–Crippen MR) is 78.6 cm³/mol. The smallest absolute Gasteiger partial charge is 0.124 e. The van der Waals surface area contributed by atoms with Gasteiger partial charge in [-0.25, -0.2) is 4.39 Å². The summed E-state index contributed by atoms with van der Waals surface area (Å²) >= 11 is 4.92. The third kappa shape index (κ3) is 3.26. The van der Waals surface area contributed by atoms with Crippen LogP contribution in [0.1, 0.15) is 16.7 Å². The molecule has 0 amide bonds. The summed E-state index contributed by atoms with van der Waals surface area (Å²) < 4.78 is 13.2. The number of benzene rings is 1. The number of halogens is 1. The molecular formula is C14H14FN3S. The lowest BCUT2D eigenvalue weighted by Gasteiger charge is -2.12. The number of pyridine rings is 1. The first kappa shape index (κ1) is 13.4. The van der Waals surface area contributed by atoms with E-state index in [9.17, 15) is 4.39 Å². The molecule has 1 heterocycles. The topological polar surface area (TPSA) is 50.9 Å². The van der Waals surface area contributed by atoms with E-state index in [1.54, 1.807) is 18.5 Å². The maximum atomic E-state index is 13.2. The molecule has 5 heteroatoms. The number of nitrogens with one attached hydrogen (secondary N) is 1. The molecule has 1 aromatic heterocycles. The van der Waals surface area contributed by atoms with Gasteiger partial charge in [0.1, 0.15) is 10.8 Å². The van der Waals surface area contributed by atoms with Crippen LogP contribution in [0.3, 0.4) is 0 Å². The average Bonchev–Trinajstić information content (AvgIpc) is 2.38. The van der Waals surface area contributed by atoms with E-state index in [-0.39, 0.29) is 10.8 Å². The van der Waals surface area contributed by atoms with Crippen molar-refractivity contribution >= 4 is 22.9 Å². The van der Waals surface area contributed by atoms with E-state index in [0.717, 1.165) is 16.8 Å². The minimum Gasteiger partial charge on any atom is -0.389 e. The van der Waals surface area contributed by atoms with Gasteiger partial charge in [0.2, 0.25) is 0 Å². The third-order valence-corrected chi connectivity index (χ3v) is 3.08. The number of hydrogen-bond donors (Lipinski definition) is 2. The molecule has 2 rings (SSSR count). The zero-order chi connectivity index (χ0) is 13.8. The summed E-state index contributed by atoms with van der Waals surface area (Å²) in [7, 11) is 0. The van der Waals surface area contributed by atoms with E-state index in [0.29, 0.717) is 12.1 Å². The van der Waals surface area contributed by atoms with Gasteiger partial charge in [0.25, 0.3) is 0 Å². The molecule has 19 heavy (non-hydrogen) atoms. The van der Waals surface area contributed by atoms with Gasteiger partial charge in [0.05, 0.1) is 0 Å². The molecule has 0 saturated heterocycles. The summed E-state index contributed by atoms with van der Waals surface area (Å²) in [5, 5.41) is 3.20. The van der Waals surface area contributed by atoms with Crippen molar-refractivity contribution in [3.8, 4) is 0 Å². The first-order chi connectivity index (χ1) is 9.08. The van der Waals surface area contributed by atoms with Gasteiger partial charge >= 0.3 is 0 Å². The molecule has 0 bridgehead atoms. The second-order valence-corrected chi connectivity index (χ2v) is 4.65. The zero-order valence-corrected chi connectivity index (χ0v) is 11.3. The van der Waals surface area contributed by atoms with Gasteiger partial charge in [-0.15, -0.1) is 0 Å². The van der Waals surface area contributed by atoms with Gasteiger partial charge < -0.3 is 11.1 Å². The largest absolute Gasteiger partial charge is 0.389 e. The van der Waals surface area contributed by atoms with Crippen LogP contribution >= 0.6 is 12.2 Å². The Morgan fingerprint density at radius 3 is 2.89 bits per heavy atom. The van der Waals surface area contributed by atoms with Crippen LogP contribution in [0.4, 0.5) is 10.1 Å².